The monoisotopic (exact) mass is 493 g/mol. The Morgan fingerprint density at radius 2 is 1.86 bits per heavy atom. The molecule has 0 fully saturated rings. The Bertz CT molecular complexity index is 1430. The van der Waals surface area contributed by atoms with E-state index in [0.717, 1.165) is 40.6 Å². The van der Waals surface area contributed by atoms with Gasteiger partial charge in [0.2, 0.25) is 0 Å². The van der Waals surface area contributed by atoms with Crippen molar-refractivity contribution in [1.29, 1.82) is 0 Å². The summed E-state index contributed by atoms with van der Waals surface area (Å²) in [6.07, 6.45) is 1.30. The van der Waals surface area contributed by atoms with Gasteiger partial charge in [0.15, 0.2) is 0 Å². The number of carboxylic acid groups (broad SMARTS) is 1. The standard InChI is InChI=1S/C26H22F3N5O2/c1-15-10-21(32-24(11-15)33-23-12-17(8-9-30-23)26(27,28)29)16-13-31-34(14-16)22-7-6-20(25(35)36)18-4-2-3-5-19(18)22/h2-5,8-14,20,22H,6-7H2,1H3,(H,35,36)(H,30,32,33). The van der Waals surface area contributed by atoms with Crippen LogP contribution in [-0.2, 0) is 11.0 Å². The lowest BCUT2D eigenvalue weighted by atomic mass is 9.80. The Hall–Kier alpha value is -4.21. The van der Waals surface area contributed by atoms with E-state index in [0.29, 0.717) is 24.4 Å². The van der Waals surface area contributed by atoms with Crippen molar-refractivity contribution in [2.45, 2.75) is 37.9 Å². The first-order chi connectivity index (χ1) is 17.2. The van der Waals surface area contributed by atoms with Crippen LogP contribution >= 0.6 is 0 Å². The van der Waals surface area contributed by atoms with E-state index >= 15 is 0 Å². The first-order valence-electron chi connectivity index (χ1n) is 11.3. The van der Waals surface area contributed by atoms with Gasteiger partial charge in [0.1, 0.15) is 11.6 Å². The molecule has 1 aliphatic rings. The molecule has 5 rings (SSSR count). The maximum absolute atomic E-state index is 13.1. The summed E-state index contributed by atoms with van der Waals surface area (Å²) in [6, 6.07) is 12.8. The molecule has 0 aliphatic heterocycles. The van der Waals surface area contributed by atoms with Crippen LogP contribution in [0.25, 0.3) is 11.3 Å². The van der Waals surface area contributed by atoms with Crippen molar-refractivity contribution in [2.24, 2.45) is 0 Å². The maximum atomic E-state index is 13.1. The van der Waals surface area contributed by atoms with E-state index in [4.69, 9.17) is 0 Å². The molecule has 2 N–H and O–H groups in total. The largest absolute Gasteiger partial charge is 0.481 e. The number of carboxylic acids is 1. The second kappa shape index (κ2) is 9.10. The van der Waals surface area contributed by atoms with Gasteiger partial charge in [-0.25, -0.2) is 9.97 Å². The molecule has 184 valence electrons. The van der Waals surface area contributed by atoms with Gasteiger partial charge in [0.05, 0.1) is 29.4 Å². The number of fused-ring (bicyclic) bond motifs is 1. The van der Waals surface area contributed by atoms with E-state index < -0.39 is 23.6 Å². The molecule has 0 amide bonds. The number of carbonyl (C=O) groups is 1. The highest BCUT2D eigenvalue weighted by Crippen LogP contribution is 2.40. The molecule has 2 unspecified atom stereocenters. The van der Waals surface area contributed by atoms with Crippen LogP contribution in [-0.4, -0.2) is 30.8 Å². The van der Waals surface area contributed by atoms with Gasteiger partial charge in [-0.15, -0.1) is 0 Å². The number of anilines is 2. The molecule has 0 bridgehead atoms. The average Bonchev–Trinajstić information content (AvgIpc) is 3.33. The molecule has 3 aromatic heterocycles. The van der Waals surface area contributed by atoms with Gasteiger partial charge in [0.25, 0.3) is 0 Å². The minimum atomic E-state index is -4.47. The topological polar surface area (TPSA) is 92.9 Å². The van der Waals surface area contributed by atoms with Gasteiger partial charge >= 0.3 is 12.1 Å². The van der Waals surface area contributed by atoms with E-state index in [1.807, 2.05) is 48.1 Å². The van der Waals surface area contributed by atoms with Gasteiger partial charge < -0.3 is 10.4 Å². The van der Waals surface area contributed by atoms with Crippen molar-refractivity contribution in [3.63, 3.8) is 0 Å². The van der Waals surface area contributed by atoms with Gasteiger partial charge in [-0.2, -0.15) is 18.3 Å². The van der Waals surface area contributed by atoms with Crippen molar-refractivity contribution >= 4 is 17.6 Å². The number of hydrogen-bond acceptors (Lipinski definition) is 5. The quantitative estimate of drug-likeness (QED) is 0.356. The molecule has 3 heterocycles. The van der Waals surface area contributed by atoms with Crippen molar-refractivity contribution in [1.82, 2.24) is 19.7 Å². The van der Waals surface area contributed by atoms with Crippen LogP contribution in [0.2, 0.25) is 0 Å². The number of aromatic nitrogens is 4. The SMILES string of the molecule is Cc1cc(Nc2cc(C(F)(F)F)ccn2)nc(-c2cnn(C3CCC(C(=O)O)c4ccccc43)c2)c1. The Morgan fingerprint density at radius 3 is 2.61 bits per heavy atom. The molecule has 0 spiro atoms. The third kappa shape index (κ3) is 4.66. The molecule has 10 heteroatoms. The first-order valence-corrected chi connectivity index (χ1v) is 11.3. The number of hydrogen-bond donors (Lipinski definition) is 2. The summed E-state index contributed by atoms with van der Waals surface area (Å²) in [5.74, 6) is -0.974. The summed E-state index contributed by atoms with van der Waals surface area (Å²) >= 11 is 0. The number of rotatable bonds is 5. The van der Waals surface area contributed by atoms with Crippen molar-refractivity contribution in [3.05, 3.63) is 89.4 Å². The number of alkyl halides is 3. The summed E-state index contributed by atoms with van der Waals surface area (Å²) in [7, 11) is 0. The zero-order chi connectivity index (χ0) is 25.4. The third-order valence-electron chi connectivity index (χ3n) is 6.29. The minimum Gasteiger partial charge on any atom is -0.481 e. The van der Waals surface area contributed by atoms with Crippen LogP contribution in [0.5, 0.6) is 0 Å². The fourth-order valence-corrected chi connectivity index (χ4v) is 4.62. The summed E-state index contributed by atoms with van der Waals surface area (Å²) in [5, 5.41) is 17.0. The Balaban J connectivity index is 1.43. The van der Waals surface area contributed by atoms with Crippen molar-refractivity contribution < 1.29 is 23.1 Å². The minimum absolute atomic E-state index is 0.0383. The van der Waals surface area contributed by atoms with E-state index in [9.17, 15) is 23.1 Å². The zero-order valence-corrected chi connectivity index (χ0v) is 19.2. The second-order valence-corrected chi connectivity index (χ2v) is 8.79. The van der Waals surface area contributed by atoms with E-state index in [1.165, 1.54) is 0 Å². The normalized spacial score (nSPS) is 17.4. The van der Waals surface area contributed by atoms with E-state index in [1.54, 1.807) is 12.3 Å². The number of nitrogens with zero attached hydrogens (tertiary/aromatic N) is 4. The van der Waals surface area contributed by atoms with Crippen LogP contribution in [0, 0.1) is 6.92 Å². The molecular formula is C26H22F3N5O2. The number of benzene rings is 1. The van der Waals surface area contributed by atoms with Crippen molar-refractivity contribution in [2.75, 3.05) is 5.32 Å². The predicted molar refractivity (Wildman–Crippen MR) is 127 cm³/mol. The molecular weight excluding hydrogens is 471 g/mol. The van der Waals surface area contributed by atoms with E-state index in [2.05, 4.69) is 20.4 Å². The lowest BCUT2D eigenvalue weighted by molar-refractivity contribution is -0.139. The molecule has 0 saturated carbocycles. The number of halogens is 3. The number of nitrogens with one attached hydrogen (secondary N) is 1. The fourth-order valence-electron chi connectivity index (χ4n) is 4.62. The highest BCUT2D eigenvalue weighted by Gasteiger charge is 2.33. The molecule has 4 aromatic rings. The highest BCUT2D eigenvalue weighted by molar-refractivity contribution is 5.77. The van der Waals surface area contributed by atoms with Crippen LogP contribution in [0.15, 0.2) is 67.1 Å². The molecule has 0 radical (unpaired) electrons. The predicted octanol–water partition coefficient (Wildman–Crippen LogP) is 5.96. The van der Waals surface area contributed by atoms with Crippen LogP contribution < -0.4 is 5.32 Å². The average molecular weight is 493 g/mol. The lowest BCUT2D eigenvalue weighted by Crippen LogP contribution is -2.24. The van der Waals surface area contributed by atoms with Gasteiger partial charge in [-0.1, -0.05) is 24.3 Å². The Morgan fingerprint density at radius 1 is 1.08 bits per heavy atom. The molecule has 7 nitrogen and oxygen atoms in total. The van der Waals surface area contributed by atoms with E-state index in [-0.39, 0.29) is 11.9 Å². The summed E-state index contributed by atoms with van der Waals surface area (Å²) < 4.78 is 41.0. The highest BCUT2D eigenvalue weighted by atomic mass is 19.4. The first kappa shape index (κ1) is 23.5. The Kier molecular flexibility index (Phi) is 5.95. The van der Waals surface area contributed by atoms with Gasteiger partial charge in [0, 0.05) is 18.0 Å². The second-order valence-electron chi connectivity index (χ2n) is 8.79. The van der Waals surface area contributed by atoms with Gasteiger partial charge in [-0.05, 0) is 60.7 Å². The molecule has 2 atom stereocenters. The molecule has 1 aromatic carbocycles. The van der Waals surface area contributed by atoms with Crippen LogP contribution in [0.1, 0.15) is 47.1 Å². The van der Waals surface area contributed by atoms with Gasteiger partial charge in [-0.3, -0.25) is 9.48 Å². The lowest BCUT2D eigenvalue weighted by Gasteiger charge is -2.29. The smallest absolute Gasteiger partial charge is 0.416 e. The molecule has 0 saturated heterocycles. The number of aliphatic carboxylic acids is 1. The zero-order valence-electron chi connectivity index (χ0n) is 19.2. The Labute approximate surface area is 204 Å². The van der Waals surface area contributed by atoms with Crippen molar-refractivity contribution in [3.8, 4) is 11.3 Å². The fraction of sp³-hybridized carbons (Fsp3) is 0.231. The summed E-state index contributed by atoms with van der Waals surface area (Å²) in [4.78, 5) is 20.3. The molecule has 1 aliphatic carbocycles. The maximum Gasteiger partial charge on any atom is 0.416 e. The molecule has 36 heavy (non-hydrogen) atoms. The van der Waals surface area contributed by atoms with Crippen LogP contribution in [0.3, 0.4) is 0 Å². The summed E-state index contributed by atoms with van der Waals surface area (Å²) in [5.41, 5.74) is 3.12. The van der Waals surface area contributed by atoms with Crippen LogP contribution in [0.4, 0.5) is 24.8 Å². The third-order valence-corrected chi connectivity index (χ3v) is 6.29. The summed E-state index contributed by atoms with van der Waals surface area (Å²) in [6.45, 7) is 1.86. The number of pyridine rings is 2. The number of aryl methyl sites for hydroxylation is 1.